The number of aryl methyl sites for hydroxylation is 2. The molecule has 1 unspecified atom stereocenters. The maximum absolute atomic E-state index is 12.0. The van der Waals surface area contributed by atoms with Gasteiger partial charge in [-0.25, -0.2) is 4.98 Å². The van der Waals surface area contributed by atoms with Crippen molar-refractivity contribution in [2.75, 3.05) is 24.5 Å². The smallest absolute Gasteiger partial charge is 0.271 e. The number of imidazole rings is 1. The topological polar surface area (TPSA) is 61.0 Å². The van der Waals surface area contributed by atoms with Crippen LogP contribution >= 0.6 is 0 Å². The van der Waals surface area contributed by atoms with Crippen LogP contribution in [0.25, 0.3) is 0 Å². The number of benzene rings is 1. The third-order valence-corrected chi connectivity index (χ3v) is 4.88. The Morgan fingerprint density at radius 2 is 2.09 bits per heavy atom. The van der Waals surface area contributed by atoms with E-state index in [1.807, 2.05) is 0 Å². The van der Waals surface area contributed by atoms with E-state index in [1.165, 1.54) is 11.3 Å². The van der Waals surface area contributed by atoms with Crippen LogP contribution in [0.15, 0.2) is 24.3 Å². The molecule has 1 atom stereocenters. The molecule has 0 saturated carbocycles. The fourth-order valence-corrected chi connectivity index (χ4v) is 3.52. The number of rotatable bonds is 2. The van der Waals surface area contributed by atoms with Crippen molar-refractivity contribution in [2.45, 2.75) is 32.1 Å². The summed E-state index contributed by atoms with van der Waals surface area (Å²) >= 11 is 0. The first-order chi connectivity index (χ1) is 11.2. The van der Waals surface area contributed by atoms with E-state index in [0.717, 1.165) is 50.4 Å². The fraction of sp³-hybridized carbons (Fsp3) is 0.444. The standard InChI is InChI=1S/C18H22N4O/c1-12-4-6-14(7-5-12)22-10-8-13(11-22)17-20-15-3-2-9-19-18(23)16(15)21-17/h4-7,13H,2-3,8-11H2,1H3,(H,19,23)(H,20,21). The number of aromatic nitrogens is 2. The van der Waals surface area contributed by atoms with Crippen LogP contribution in [0.3, 0.4) is 0 Å². The third kappa shape index (κ3) is 2.71. The Morgan fingerprint density at radius 3 is 2.91 bits per heavy atom. The van der Waals surface area contributed by atoms with Gasteiger partial charge in [-0.1, -0.05) is 17.7 Å². The van der Waals surface area contributed by atoms with Gasteiger partial charge in [0.25, 0.3) is 5.91 Å². The average molecular weight is 310 g/mol. The number of nitrogens with one attached hydrogen (secondary N) is 2. The maximum atomic E-state index is 12.0. The predicted molar refractivity (Wildman–Crippen MR) is 90.0 cm³/mol. The highest BCUT2D eigenvalue weighted by atomic mass is 16.1. The zero-order valence-corrected chi connectivity index (χ0v) is 13.4. The van der Waals surface area contributed by atoms with Crippen LogP contribution in [-0.4, -0.2) is 35.5 Å². The molecule has 1 saturated heterocycles. The largest absolute Gasteiger partial charge is 0.371 e. The zero-order chi connectivity index (χ0) is 15.8. The van der Waals surface area contributed by atoms with Gasteiger partial charge in [-0.15, -0.1) is 0 Å². The van der Waals surface area contributed by atoms with Gasteiger partial charge in [0.2, 0.25) is 0 Å². The Hall–Kier alpha value is -2.30. The molecule has 2 aliphatic heterocycles. The Balaban J connectivity index is 1.53. The summed E-state index contributed by atoms with van der Waals surface area (Å²) in [5, 5.41) is 2.91. The van der Waals surface area contributed by atoms with E-state index in [9.17, 15) is 4.79 Å². The normalized spacial score (nSPS) is 21.0. The molecule has 0 spiro atoms. The van der Waals surface area contributed by atoms with Gasteiger partial charge in [-0.05, 0) is 38.3 Å². The molecule has 0 bridgehead atoms. The fourth-order valence-electron chi connectivity index (χ4n) is 3.52. The summed E-state index contributed by atoms with van der Waals surface area (Å²) in [6.07, 6.45) is 2.94. The monoisotopic (exact) mass is 310 g/mol. The molecule has 2 aromatic rings. The first kappa shape index (κ1) is 14.3. The molecule has 2 N–H and O–H groups in total. The lowest BCUT2D eigenvalue weighted by Crippen LogP contribution is -2.23. The second-order valence-corrected chi connectivity index (χ2v) is 6.58. The van der Waals surface area contributed by atoms with Crippen LogP contribution in [0.1, 0.15) is 46.3 Å². The molecule has 120 valence electrons. The van der Waals surface area contributed by atoms with Crippen LogP contribution < -0.4 is 10.2 Å². The van der Waals surface area contributed by atoms with Gasteiger partial charge >= 0.3 is 0 Å². The van der Waals surface area contributed by atoms with Gasteiger partial charge < -0.3 is 15.2 Å². The molecule has 1 aromatic heterocycles. The summed E-state index contributed by atoms with van der Waals surface area (Å²) in [5.41, 5.74) is 4.16. The van der Waals surface area contributed by atoms with Crippen LogP contribution in [0.4, 0.5) is 5.69 Å². The van der Waals surface area contributed by atoms with Crippen LogP contribution in [0.5, 0.6) is 0 Å². The Morgan fingerprint density at radius 1 is 1.26 bits per heavy atom. The summed E-state index contributed by atoms with van der Waals surface area (Å²) in [4.78, 5) is 22.5. The number of anilines is 1. The second kappa shape index (κ2) is 5.72. The number of fused-ring (bicyclic) bond motifs is 1. The van der Waals surface area contributed by atoms with E-state index in [-0.39, 0.29) is 5.91 Å². The lowest BCUT2D eigenvalue weighted by molar-refractivity contribution is 0.0951. The number of carbonyl (C=O) groups is 1. The molecule has 0 aliphatic carbocycles. The highest BCUT2D eigenvalue weighted by molar-refractivity contribution is 5.93. The van der Waals surface area contributed by atoms with Crippen molar-refractivity contribution in [3.63, 3.8) is 0 Å². The van der Waals surface area contributed by atoms with Crippen molar-refractivity contribution >= 4 is 11.6 Å². The first-order valence-corrected chi connectivity index (χ1v) is 8.39. The van der Waals surface area contributed by atoms with Crippen molar-refractivity contribution in [3.8, 4) is 0 Å². The molecule has 4 rings (SSSR count). The predicted octanol–water partition coefficient (Wildman–Crippen LogP) is 2.39. The number of hydrogen-bond acceptors (Lipinski definition) is 3. The number of amides is 1. The quantitative estimate of drug-likeness (QED) is 0.895. The summed E-state index contributed by atoms with van der Waals surface area (Å²) in [7, 11) is 0. The van der Waals surface area contributed by atoms with Gasteiger partial charge in [0.15, 0.2) is 0 Å². The summed E-state index contributed by atoms with van der Waals surface area (Å²) in [6, 6.07) is 8.68. The molecule has 1 amide bonds. The molecular formula is C18H22N4O. The van der Waals surface area contributed by atoms with E-state index in [4.69, 9.17) is 0 Å². The Labute approximate surface area is 136 Å². The molecule has 5 heteroatoms. The molecule has 1 aromatic carbocycles. The Bertz CT molecular complexity index is 719. The minimum atomic E-state index is -0.0339. The number of aromatic amines is 1. The van der Waals surface area contributed by atoms with Crippen LogP contribution in [-0.2, 0) is 6.42 Å². The van der Waals surface area contributed by atoms with Gasteiger partial charge in [0.05, 0.1) is 0 Å². The van der Waals surface area contributed by atoms with Gasteiger partial charge in [-0.2, -0.15) is 0 Å². The van der Waals surface area contributed by atoms with E-state index < -0.39 is 0 Å². The average Bonchev–Trinajstić information content (AvgIpc) is 3.16. The lowest BCUT2D eigenvalue weighted by atomic mass is 10.1. The lowest BCUT2D eigenvalue weighted by Gasteiger charge is -2.18. The van der Waals surface area contributed by atoms with Crippen molar-refractivity contribution < 1.29 is 4.79 Å². The summed E-state index contributed by atoms with van der Waals surface area (Å²) in [6.45, 7) is 4.84. The van der Waals surface area contributed by atoms with Crippen LogP contribution in [0, 0.1) is 6.92 Å². The van der Waals surface area contributed by atoms with Crippen molar-refractivity contribution in [1.82, 2.24) is 15.3 Å². The van der Waals surface area contributed by atoms with E-state index in [1.54, 1.807) is 0 Å². The van der Waals surface area contributed by atoms with Gasteiger partial charge in [0, 0.05) is 36.9 Å². The highest BCUT2D eigenvalue weighted by Crippen LogP contribution is 2.30. The maximum Gasteiger partial charge on any atom is 0.271 e. The summed E-state index contributed by atoms with van der Waals surface area (Å²) in [5.74, 6) is 1.31. The van der Waals surface area contributed by atoms with Crippen molar-refractivity contribution in [1.29, 1.82) is 0 Å². The minimum absolute atomic E-state index is 0.0339. The summed E-state index contributed by atoms with van der Waals surface area (Å²) < 4.78 is 0. The number of nitrogens with zero attached hydrogens (tertiary/aromatic N) is 2. The molecule has 23 heavy (non-hydrogen) atoms. The van der Waals surface area contributed by atoms with Crippen LogP contribution in [0.2, 0.25) is 0 Å². The molecule has 2 aliphatic rings. The van der Waals surface area contributed by atoms with Gasteiger partial charge in [0.1, 0.15) is 11.5 Å². The SMILES string of the molecule is Cc1ccc(N2CCC(c3nc4c([nH]3)CCCNC4=O)C2)cc1. The van der Waals surface area contributed by atoms with Crippen molar-refractivity contribution in [2.24, 2.45) is 0 Å². The zero-order valence-electron chi connectivity index (χ0n) is 13.4. The molecule has 5 nitrogen and oxygen atoms in total. The number of carbonyl (C=O) groups excluding carboxylic acids is 1. The van der Waals surface area contributed by atoms with E-state index in [2.05, 4.69) is 51.4 Å². The molecule has 3 heterocycles. The third-order valence-electron chi connectivity index (χ3n) is 4.88. The minimum Gasteiger partial charge on any atom is -0.371 e. The molecule has 0 radical (unpaired) electrons. The molecular weight excluding hydrogens is 288 g/mol. The second-order valence-electron chi connectivity index (χ2n) is 6.58. The highest BCUT2D eigenvalue weighted by Gasteiger charge is 2.29. The Kier molecular flexibility index (Phi) is 3.56. The van der Waals surface area contributed by atoms with Gasteiger partial charge in [-0.3, -0.25) is 4.79 Å². The van der Waals surface area contributed by atoms with Crippen molar-refractivity contribution in [3.05, 3.63) is 47.0 Å². The number of H-pyrrole nitrogens is 1. The molecule has 1 fully saturated rings. The first-order valence-electron chi connectivity index (χ1n) is 8.39. The van der Waals surface area contributed by atoms with E-state index >= 15 is 0 Å². The van der Waals surface area contributed by atoms with E-state index in [0.29, 0.717) is 11.6 Å². The number of hydrogen-bond donors (Lipinski definition) is 2.